The fraction of sp³-hybridized carbons (Fsp3) is 0.182. The number of halogens is 3. The lowest BCUT2D eigenvalue weighted by atomic mass is 10.3. The highest BCUT2D eigenvalue weighted by molar-refractivity contribution is 9.11. The molecule has 0 aromatic carbocycles. The van der Waals surface area contributed by atoms with E-state index in [9.17, 15) is 0 Å². The van der Waals surface area contributed by atoms with Gasteiger partial charge in [0.2, 0.25) is 0 Å². The highest BCUT2D eigenvalue weighted by Gasteiger charge is 2.09. The Kier molecular flexibility index (Phi) is 4.47. The smallest absolute Gasteiger partial charge is 0.143 e. The van der Waals surface area contributed by atoms with Gasteiger partial charge in [-0.25, -0.2) is 4.98 Å². The van der Waals surface area contributed by atoms with Crippen LogP contribution in [0.3, 0.4) is 0 Å². The summed E-state index contributed by atoms with van der Waals surface area (Å²) >= 11 is 14.5. The molecule has 0 saturated carbocycles. The molecule has 0 aliphatic carbocycles. The van der Waals surface area contributed by atoms with Crippen LogP contribution < -0.4 is 4.90 Å². The summed E-state index contributed by atoms with van der Waals surface area (Å²) in [6.45, 7) is 0.815. The van der Waals surface area contributed by atoms with Crippen LogP contribution in [0.4, 0.5) is 5.82 Å². The predicted octanol–water partition coefficient (Wildman–Crippen LogP) is 4.96. The van der Waals surface area contributed by atoms with Crippen molar-refractivity contribution < 1.29 is 0 Å². The molecule has 2 aromatic rings. The lowest BCUT2D eigenvalue weighted by molar-refractivity contribution is 0.897. The molecule has 0 bridgehead atoms. The second-order valence-corrected chi connectivity index (χ2v) is 7.16. The van der Waals surface area contributed by atoms with Gasteiger partial charge < -0.3 is 4.90 Å². The van der Waals surface area contributed by atoms with Gasteiger partial charge in [-0.15, -0.1) is 11.3 Å². The second kappa shape index (κ2) is 5.69. The quantitative estimate of drug-likeness (QED) is 0.729. The first-order valence-corrected chi connectivity index (χ1v) is 7.65. The average molecular weight is 397 g/mol. The van der Waals surface area contributed by atoms with Crippen LogP contribution in [0.2, 0.25) is 5.02 Å². The monoisotopic (exact) mass is 394 g/mol. The zero-order valence-electron chi connectivity index (χ0n) is 8.95. The summed E-state index contributed by atoms with van der Waals surface area (Å²) in [5.41, 5.74) is 1.26. The van der Waals surface area contributed by atoms with E-state index in [1.54, 1.807) is 17.5 Å². The van der Waals surface area contributed by atoms with Crippen molar-refractivity contribution in [3.05, 3.63) is 42.6 Å². The molecule has 0 amide bonds. The molecule has 0 N–H and O–H groups in total. The summed E-state index contributed by atoms with van der Waals surface area (Å²) in [5, 5.41) is 2.76. The molecule has 0 aliphatic rings. The molecule has 0 fully saturated rings. The standard InChI is InChI=1S/C11H9Br2ClN2S/c1-16(5-7-2-10(13)17-6-7)11-9(12)3-8(14)4-15-11/h2-4,6H,5H2,1H3. The van der Waals surface area contributed by atoms with Gasteiger partial charge in [0, 0.05) is 19.8 Å². The van der Waals surface area contributed by atoms with Gasteiger partial charge in [0.05, 0.1) is 13.3 Å². The minimum atomic E-state index is 0.632. The zero-order chi connectivity index (χ0) is 12.4. The molecule has 2 nitrogen and oxygen atoms in total. The lowest BCUT2D eigenvalue weighted by Crippen LogP contribution is -2.17. The Morgan fingerprint density at radius 1 is 1.41 bits per heavy atom. The first kappa shape index (κ1) is 13.3. The number of anilines is 1. The Morgan fingerprint density at radius 3 is 2.76 bits per heavy atom. The molecule has 0 atom stereocenters. The second-order valence-electron chi connectivity index (χ2n) is 3.57. The van der Waals surface area contributed by atoms with Crippen LogP contribution in [0.25, 0.3) is 0 Å². The number of hydrogen-bond acceptors (Lipinski definition) is 3. The van der Waals surface area contributed by atoms with Gasteiger partial charge in [-0.2, -0.15) is 0 Å². The number of rotatable bonds is 3. The lowest BCUT2D eigenvalue weighted by Gasteiger charge is -2.18. The molecule has 0 radical (unpaired) electrons. The van der Waals surface area contributed by atoms with Crippen LogP contribution in [0, 0.1) is 0 Å². The summed E-state index contributed by atoms with van der Waals surface area (Å²) in [6.07, 6.45) is 1.65. The Morgan fingerprint density at radius 2 is 2.18 bits per heavy atom. The number of aromatic nitrogens is 1. The van der Waals surface area contributed by atoms with Crippen molar-refractivity contribution in [3.8, 4) is 0 Å². The van der Waals surface area contributed by atoms with Gasteiger partial charge in [-0.3, -0.25) is 0 Å². The summed E-state index contributed by atoms with van der Waals surface area (Å²) < 4.78 is 2.05. The van der Waals surface area contributed by atoms with Crippen molar-refractivity contribution in [1.82, 2.24) is 4.98 Å². The van der Waals surface area contributed by atoms with Crippen LogP contribution in [-0.2, 0) is 6.54 Å². The first-order chi connectivity index (χ1) is 8.06. The van der Waals surface area contributed by atoms with Gasteiger partial charge >= 0.3 is 0 Å². The number of hydrogen-bond donors (Lipinski definition) is 0. The van der Waals surface area contributed by atoms with E-state index >= 15 is 0 Å². The average Bonchev–Trinajstić information content (AvgIpc) is 2.63. The van der Waals surface area contributed by atoms with Gasteiger partial charge in [0.25, 0.3) is 0 Å². The fourth-order valence-electron chi connectivity index (χ4n) is 1.47. The number of pyridine rings is 1. The Bertz CT molecular complexity index is 530. The molecule has 6 heteroatoms. The van der Waals surface area contributed by atoms with Crippen LogP contribution in [0.15, 0.2) is 32.0 Å². The maximum Gasteiger partial charge on any atom is 0.143 e. The maximum atomic E-state index is 5.87. The van der Waals surface area contributed by atoms with Gasteiger partial charge in [-0.05, 0) is 54.9 Å². The Labute approximate surface area is 126 Å². The number of thiophene rings is 1. The minimum Gasteiger partial charge on any atom is -0.354 e. The number of nitrogens with zero attached hydrogens (tertiary/aromatic N) is 2. The van der Waals surface area contributed by atoms with Crippen LogP contribution in [-0.4, -0.2) is 12.0 Å². The molecule has 17 heavy (non-hydrogen) atoms. The van der Waals surface area contributed by atoms with Crippen molar-refractivity contribution >= 4 is 60.6 Å². The molecule has 0 spiro atoms. The molecule has 0 unspecified atom stereocenters. The highest BCUT2D eigenvalue weighted by atomic mass is 79.9. The van der Waals surface area contributed by atoms with E-state index in [2.05, 4.69) is 53.2 Å². The molecule has 2 heterocycles. The van der Waals surface area contributed by atoms with Crippen molar-refractivity contribution in [3.63, 3.8) is 0 Å². The molecule has 0 aliphatic heterocycles. The molecule has 2 aromatic heterocycles. The Hall–Kier alpha value is -0.100. The van der Waals surface area contributed by atoms with Crippen molar-refractivity contribution in [1.29, 1.82) is 0 Å². The van der Waals surface area contributed by atoms with Crippen LogP contribution >= 0.6 is 54.8 Å². The summed E-state index contributed by atoms with van der Waals surface area (Å²) in [7, 11) is 2.01. The maximum absolute atomic E-state index is 5.87. The van der Waals surface area contributed by atoms with E-state index in [-0.39, 0.29) is 0 Å². The SMILES string of the molecule is CN(Cc1csc(Br)c1)c1ncc(Cl)cc1Br. The normalized spacial score (nSPS) is 10.6. The fourth-order valence-corrected chi connectivity index (χ4v) is 3.61. The van der Waals surface area contributed by atoms with E-state index in [1.807, 2.05) is 13.1 Å². The summed E-state index contributed by atoms with van der Waals surface area (Å²) in [6, 6.07) is 3.97. The van der Waals surface area contributed by atoms with E-state index in [1.165, 1.54) is 5.56 Å². The zero-order valence-corrected chi connectivity index (χ0v) is 13.7. The third kappa shape index (κ3) is 3.44. The van der Waals surface area contributed by atoms with Gasteiger partial charge in [0.15, 0.2) is 0 Å². The molecule has 90 valence electrons. The molecule has 2 rings (SSSR count). The van der Waals surface area contributed by atoms with Crippen LogP contribution in [0.5, 0.6) is 0 Å². The van der Waals surface area contributed by atoms with Gasteiger partial charge in [0.1, 0.15) is 5.82 Å². The van der Waals surface area contributed by atoms with Crippen LogP contribution in [0.1, 0.15) is 5.56 Å². The predicted molar refractivity (Wildman–Crippen MR) is 81.1 cm³/mol. The summed E-state index contributed by atoms with van der Waals surface area (Å²) in [5.74, 6) is 0.886. The van der Waals surface area contributed by atoms with Crippen molar-refractivity contribution in [2.24, 2.45) is 0 Å². The van der Waals surface area contributed by atoms with E-state index in [4.69, 9.17) is 11.6 Å². The van der Waals surface area contributed by atoms with E-state index < -0.39 is 0 Å². The molecular weight excluding hydrogens is 387 g/mol. The molecule has 0 saturated heterocycles. The van der Waals surface area contributed by atoms with Crippen molar-refractivity contribution in [2.75, 3.05) is 11.9 Å². The third-order valence-corrected chi connectivity index (χ3v) is 4.53. The van der Waals surface area contributed by atoms with E-state index in [0.717, 1.165) is 20.6 Å². The summed E-state index contributed by atoms with van der Waals surface area (Å²) in [4.78, 5) is 6.40. The first-order valence-electron chi connectivity index (χ1n) is 4.81. The largest absolute Gasteiger partial charge is 0.354 e. The van der Waals surface area contributed by atoms with Crippen molar-refractivity contribution in [2.45, 2.75) is 6.54 Å². The van der Waals surface area contributed by atoms with E-state index in [0.29, 0.717) is 5.02 Å². The van der Waals surface area contributed by atoms with Gasteiger partial charge in [-0.1, -0.05) is 11.6 Å². The molecular formula is C11H9Br2ClN2S. The minimum absolute atomic E-state index is 0.632. The Balaban J connectivity index is 2.17. The topological polar surface area (TPSA) is 16.1 Å². The third-order valence-electron chi connectivity index (χ3n) is 2.19. The highest BCUT2D eigenvalue weighted by Crippen LogP contribution is 2.28.